The Balaban J connectivity index is 2.19. The molecule has 0 aliphatic carbocycles. The number of hydrogen-bond donors (Lipinski definition) is 2. The second kappa shape index (κ2) is 7.06. The highest BCUT2D eigenvalue weighted by Crippen LogP contribution is 2.04. The summed E-state index contributed by atoms with van der Waals surface area (Å²) in [6, 6.07) is 0. The molecule has 0 aliphatic heterocycles. The highest BCUT2D eigenvalue weighted by atomic mass is 16.1. The lowest BCUT2D eigenvalue weighted by Gasteiger charge is -2.10. The summed E-state index contributed by atoms with van der Waals surface area (Å²) >= 11 is 0. The van der Waals surface area contributed by atoms with Crippen molar-refractivity contribution in [3.63, 3.8) is 0 Å². The molecule has 0 saturated heterocycles. The Labute approximate surface area is 102 Å². The maximum absolute atomic E-state index is 11.7. The topological polar surface area (TPSA) is 72.9 Å². The molecular weight excluding hydrogens is 216 g/mol. The lowest BCUT2D eigenvalue weighted by molar-refractivity contribution is -0.124. The van der Waals surface area contributed by atoms with Crippen molar-refractivity contribution in [2.45, 2.75) is 26.2 Å². The highest BCUT2D eigenvalue weighted by molar-refractivity contribution is 5.78. The summed E-state index contributed by atoms with van der Waals surface area (Å²) in [7, 11) is 1.89. The number of carbonyl (C=O) groups excluding carboxylic acids is 1. The molecule has 1 unspecified atom stereocenters. The maximum Gasteiger partial charge on any atom is 0.222 e. The summed E-state index contributed by atoms with van der Waals surface area (Å²) < 4.78 is 1.76. The molecule has 0 aliphatic rings. The fourth-order valence-electron chi connectivity index (χ4n) is 1.66. The third-order valence-electron chi connectivity index (χ3n) is 2.76. The van der Waals surface area contributed by atoms with Crippen molar-refractivity contribution in [1.29, 1.82) is 0 Å². The number of aromatic nitrogens is 2. The molecule has 1 aromatic rings. The van der Waals surface area contributed by atoms with Crippen LogP contribution in [0.2, 0.25) is 0 Å². The Bertz CT molecular complexity index is 348. The van der Waals surface area contributed by atoms with Crippen molar-refractivity contribution in [2.75, 3.05) is 13.1 Å². The van der Waals surface area contributed by atoms with Gasteiger partial charge in [-0.25, -0.2) is 0 Å². The summed E-state index contributed by atoms with van der Waals surface area (Å²) in [4.78, 5) is 11.7. The van der Waals surface area contributed by atoms with Gasteiger partial charge >= 0.3 is 0 Å². The van der Waals surface area contributed by atoms with Gasteiger partial charge in [0, 0.05) is 25.7 Å². The minimum absolute atomic E-state index is 0.0486. The van der Waals surface area contributed by atoms with Gasteiger partial charge in [-0.05, 0) is 31.4 Å². The minimum atomic E-state index is 0.0486. The van der Waals surface area contributed by atoms with Crippen LogP contribution in [0.15, 0.2) is 12.4 Å². The van der Waals surface area contributed by atoms with Gasteiger partial charge in [0.1, 0.15) is 0 Å². The van der Waals surface area contributed by atoms with E-state index in [2.05, 4.69) is 10.4 Å². The van der Waals surface area contributed by atoms with Crippen LogP contribution in [0.5, 0.6) is 0 Å². The summed E-state index contributed by atoms with van der Waals surface area (Å²) in [5.74, 6) is 0.162. The number of nitrogens with one attached hydrogen (secondary N) is 1. The Morgan fingerprint density at radius 1 is 1.65 bits per heavy atom. The predicted octanol–water partition coefficient (Wildman–Crippen LogP) is 0.454. The van der Waals surface area contributed by atoms with Crippen LogP contribution in [-0.2, 0) is 18.3 Å². The number of hydrogen-bond acceptors (Lipinski definition) is 3. The molecule has 1 amide bonds. The van der Waals surface area contributed by atoms with Crippen LogP contribution in [0.25, 0.3) is 0 Å². The summed E-state index contributed by atoms with van der Waals surface area (Å²) in [5, 5.41) is 7.01. The van der Waals surface area contributed by atoms with E-state index in [0.29, 0.717) is 13.1 Å². The number of rotatable bonds is 7. The highest BCUT2D eigenvalue weighted by Gasteiger charge is 2.11. The van der Waals surface area contributed by atoms with Crippen molar-refractivity contribution >= 4 is 5.91 Å². The van der Waals surface area contributed by atoms with Crippen LogP contribution in [-0.4, -0.2) is 28.8 Å². The quantitative estimate of drug-likeness (QED) is 0.724. The van der Waals surface area contributed by atoms with Gasteiger partial charge in [-0.15, -0.1) is 0 Å². The molecule has 0 fully saturated rings. The average molecular weight is 238 g/mol. The van der Waals surface area contributed by atoms with E-state index in [-0.39, 0.29) is 11.8 Å². The number of nitrogens with two attached hydrogens (primary N) is 1. The van der Waals surface area contributed by atoms with Gasteiger partial charge in [0.05, 0.1) is 6.20 Å². The van der Waals surface area contributed by atoms with Gasteiger partial charge in [0.25, 0.3) is 0 Å². The Kier molecular flexibility index (Phi) is 5.69. The Morgan fingerprint density at radius 2 is 2.41 bits per heavy atom. The molecule has 3 N–H and O–H groups in total. The van der Waals surface area contributed by atoms with E-state index in [4.69, 9.17) is 5.73 Å². The predicted molar refractivity (Wildman–Crippen MR) is 67.4 cm³/mol. The van der Waals surface area contributed by atoms with Crippen LogP contribution in [0.3, 0.4) is 0 Å². The standard InChI is InChI=1S/C12H22N4O/c1-10(4-3-6-13)12(17)14-7-5-11-8-15-16(2)9-11/h8-10H,3-7,13H2,1-2H3,(H,14,17). The molecule has 0 spiro atoms. The first-order valence-corrected chi connectivity index (χ1v) is 6.08. The largest absolute Gasteiger partial charge is 0.356 e. The molecule has 17 heavy (non-hydrogen) atoms. The maximum atomic E-state index is 11.7. The van der Waals surface area contributed by atoms with E-state index >= 15 is 0 Å². The van der Waals surface area contributed by atoms with Gasteiger partial charge in [0.15, 0.2) is 0 Å². The molecule has 0 radical (unpaired) electrons. The van der Waals surface area contributed by atoms with Crippen molar-refractivity contribution in [3.05, 3.63) is 18.0 Å². The smallest absolute Gasteiger partial charge is 0.222 e. The van der Waals surface area contributed by atoms with Crippen molar-refractivity contribution in [2.24, 2.45) is 18.7 Å². The average Bonchev–Trinajstić information content (AvgIpc) is 2.71. The zero-order valence-electron chi connectivity index (χ0n) is 10.6. The van der Waals surface area contributed by atoms with E-state index in [9.17, 15) is 4.79 Å². The monoisotopic (exact) mass is 238 g/mol. The Hall–Kier alpha value is -1.36. The van der Waals surface area contributed by atoms with Crippen LogP contribution < -0.4 is 11.1 Å². The molecule has 5 heteroatoms. The van der Waals surface area contributed by atoms with Crippen LogP contribution in [0, 0.1) is 5.92 Å². The Morgan fingerprint density at radius 3 is 3.00 bits per heavy atom. The van der Waals surface area contributed by atoms with E-state index in [1.165, 1.54) is 0 Å². The van der Waals surface area contributed by atoms with Crippen molar-refractivity contribution in [1.82, 2.24) is 15.1 Å². The first kappa shape index (κ1) is 13.7. The number of amides is 1. The molecule has 1 aromatic heterocycles. The van der Waals surface area contributed by atoms with Gasteiger partial charge in [-0.3, -0.25) is 9.48 Å². The second-order valence-corrected chi connectivity index (χ2v) is 4.40. The first-order valence-electron chi connectivity index (χ1n) is 6.08. The lowest BCUT2D eigenvalue weighted by Crippen LogP contribution is -2.31. The van der Waals surface area contributed by atoms with Crippen molar-refractivity contribution in [3.8, 4) is 0 Å². The van der Waals surface area contributed by atoms with E-state index < -0.39 is 0 Å². The molecule has 0 bridgehead atoms. The third kappa shape index (κ3) is 4.99. The fraction of sp³-hybridized carbons (Fsp3) is 0.667. The van der Waals surface area contributed by atoms with Gasteiger partial charge in [-0.1, -0.05) is 6.92 Å². The van der Waals surface area contributed by atoms with Gasteiger partial charge < -0.3 is 11.1 Å². The van der Waals surface area contributed by atoms with Gasteiger partial charge in [-0.2, -0.15) is 5.10 Å². The molecule has 0 saturated carbocycles. The van der Waals surface area contributed by atoms with Crippen LogP contribution in [0.1, 0.15) is 25.3 Å². The normalized spacial score (nSPS) is 12.4. The van der Waals surface area contributed by atoms with E-state index in [1.807, 2.05) is 26.4 Å². The number of carbonyl (C=O) groups is 1. The zero-order valence-corrected chi connectivity index (χ0v) is 10.6. The second-order valence-electron chi connectivity index (χ2n) is 4.40. The number of aryl methyl sites for hydroxylation is 1. The molecule has 0 aromatic carbocycles. The molecule has 96 valence electrons. The molecule has 5 nitrogen and oxygen atoms in total. The van der Waals surface area contributed by atoms with Crippen LogP contribution in [0.4, 0.5) is 0 Å². The van der Waals surface area contributed by atoms with Crippen LogP contribution >= 0.6 is 0 Å². The zero-order chi connectivity index (χ0) is 12.7. The summed E-state index contributed by atoms with van der Waals surface area (Å²) in [6.45, 7) is 3.25. The van der Waals surface area contributed by atoms with Gasteiger partial charge in [0.2, 0.25) is 5.91 Å². The summed E-state index contributed by atoms with van der Waals surface area (Å²) in [5.41, 5.74) is 6.56. The molecular formula is C12H22N4O. The molecule has 1 atom stereocenters. The summed E-state index contributed by atoms with van der Waals surface area (Å²) in [6.07, 6.45) is 6.36. The molecule has 1 rings (SSSR count). The fourth-order valence-corrected chi connectivity index (χ4v) is 1.66. The van der Waals surface area contributed by atoms with Crippen molar-refractivity contribution < 1.29 is 4.79 Å². The minimum Gasteiger partial charge on any atom is -0.356 e. The van der Waals surface area contributed by atoms with E-state index in [1.54, 1.807) is 4.68 Å². The SMILES string of the molecule is CC(CCCN)C(=O)NCCc1cnn(C)c1. The lowest BCUT2D eigenvalue weighted by atomic mass is 10.0. The van der Waals surface area contributed by atoms with E-state index in [0.717, 1.165) is 24.8 Å². The third-order valence-corrected chi connectivity index (χ3v) is 2.76. The molecule has 1 heterocycles. The number of nitrogens with zero attached hydrogens (tertiary/aromatic N) is 2. The first-order chi connectivity index (χ1) is 8.13.